The molecule has 3 aromatic carbocycles. The molecule has 0 saturated carbocycles. The van der Waals surface area contributed by atoms with Crippen molar-refractivity contribution in [2.24, 2.45) is 10.2 Å². The maximum Gasteiger partial charge on any atom is 0.240 e. The molecule has 7 nitrogen and oxygen atoms in total. The molecule has 0 radical (unpaired) electrons. The first-order chi connectivity index (χ1) is 12.4. The summed E-state index contributed by atoms with van der Waals surface area (Å²) in [6.45, 7) is 1.91. The van der Waals surface area contributed by atoms with Gasteiger partial charge in [0.2, 0.25) is 10.0 Å². The van der Waals surface area contributed by atoms with Gasteiger partial charge in [-0.1, -0.05) is 37.3 Å². The number of hydrogen-bond donors (Lipinski definition) is 3. The zero-order chi connectivity index (χ0) is 18.7. The van der Waals surface area contributed by atoms with Crippen LogP contribution in [-0.4, -0.2) is 25.2 Å². The van der Waals surface area contributed by atoms with Crippen LogP contribution in [0.1, 0.15) is 6.92 Å². The summed E-state index contributed by atoms with van der Waals surface area (Å²) < 4.78 is 26.5. The van der Waals surface area contributed by atoms with Crippen LogP contribution in [0.25, 0.3) is 10.8 Å². The summed E-state index contributed by atoms with van der Waals surface area (Å²) in [6.07, 6.45) is 0. The normalized spacial score (nSPS) is 12.0. The minimum Gasteiger partial charge on any atom is -0.506 e. The lowest BCUT2D eigenvalue weighted by atomic mass is 10.1. The van der Waals surface area contributed by atoms with Gasteiger partial charge in [-0.25, -0.2) is 13.1 Å². The maximum absolute atomic E-state index is 12.1. The van der Waals surface area contributed by atoms with E-state index in [0.717, 1.165) is 5.39 Å². The van der Waals surface area contributed by atoms with E-state index in [0.29, 0.717) is 5.39 Å². The molecule has 0 heterocycles. The average molecular weight is 371 g/mol. The number of benzene rings is 3. The van der Waals surface area contributed by atoms with E-state index < -0.39 is 10.0 Å². The second kappa shape index (κ2) is 7.11. The van der Waals surface area contributed by atoms with Crippen molar-refractivity contribution in [2.45, 2.75) is 11.8 Å². The number of phenolic OH excluding ortho intramolecular Hbond substituents is 2. The zero-order valence-corrected chi connectivity index (χ0v) is 14.7. The van der Waals surface area contributed by atoms with E-state index in [4.69, 9.17) is 0 Å². The Morgan fingerprint density at radius 3 is 2.46 bits per heavy atom. The Bertz CT molecular complexity index is 1090. The van der Waals surface area contributed by atoms with E-state index in [1.54, 1.807) is 31.2 Å². The van der Waals surface area contributed by atoms with Crippen molar-refractivity contribution in [3.63, 3.8) is 0 Å². The van der Waals surface area contributed by atoms with Gasteiger partial charge in [-0.05, 0) is 29.7 Å². The molecule has 0 aromatic heterocycles. The van der Waals surface area contributed by atoms with E-state index in [-0.39, 0.29) is 34.3 Å². The monoisotopic (exact) mass is 371 g/mol. The predicted molar refractivity (Wildman–Crippen MR) is 98.8 cm³/mol. The third-order valence-electron chi connectivity index (χ3n) is 3.74. The van der Waals surface area contributed by atoms with Crippen molar-refractivity contribution in [1.29, 1.82) is 0 Å². The van der Waals surface area contributed by atoms with Crippen molar-refractivity contribution in [3.05, 3.63) is 54.6 Å². The Morgan fingerprint density at radius 1 is 0.962 bits per heavy atom. The maximum atomic E-state index is 12.1. The molecule has 8 heteroatoms. The third-order valence-corrected chi connectivity index (χ3v) is 5.28. The van der Waals surface area contributed by atoms with Crippen molar-refractivity contribution in [1.82, 2.24) is 4.72 Å². The average Bonchev–Trinajstić information content (AvgIpc) is 2.62. The van der Waals surface area contributed by atoms with E-state index >= 15 is 0 Å². The highest BCUT2D eigenvalue weighted by molar-refractivity contribution is 7.89. The number of sulfonamides is 1. The van der Waals surface area contributed by atoms with Gasteiger partial charge in [0, 0.05) is 11.9 Å². The summed E-state index contributed by atoms with van der Waals surface area (Å²) in [5.74, 6) is -0.257. The van der Waals surface area contributed by atoms with E-state index in [2.05, 4.69) is 15.0 Å². The third kappa shape index (κ3) is 3.51. The molecule has 3 aromatic rings. The number of fused-ring (bicyclic) bond motifs is 1. The molecule has 0 spiro atoms. The summed E-state index contributed by atoms with van der Waals surface area (Å²) in [4.78, 5) is -0.0335. The molecule has 134 valence electrons. The molecule has 0 bridgehead atoms. The largest absolute Gasteiger partial charge is 0.506 e. The van der Waals surface area contributed by atoms with Gasteiger partial charge < -0.3 is 10.2 Å². The topological polar surface area (TPSA) is 111 Å². The van der Waals surface area contributed by atoms with Gasteiger partial charge in [0.05, 0.1) is 4.90 Å². The first-order valence-corrected chi connectivity index (χ1v) is 9.36. The summed E-state index contributed by atoms with van der Waals surface area (Å²) in [6, 6.07) is 14.4. The van der Waals surface area contributed by atoms with E-state index in [9.17, 15) is 18.6 Å². The van der Waals surface area contributed by atoms with Crippen molar-refractivity contribution >= 4 is 32.2 Å². The molecule has 0 aliphatic heterocycles. The second-order valence-corrected chi connectivity index (χ2v) is 7.27. The highest BCUT2D eigenvalue weighted by atomic mass is 32.2. The van der Waals surface area contributed by atoms with Crippen molar-refractivity contribution in [3.8, 4) is 11.5 Å². The number of phenols is 2. The minimum atomic E-state index is -3.68. The Morgan fingerprint density at radius 2 is 1.69 bits per heavy atom. The zero-order valence-electron chi connectivity index (χ0n) is 13.9. The molecule has 0 aliphatic rings. The Hall–Kier alpha value is -2.97. The fraction of sp³-hybridized carbons (Fsp3) is 0.111. The SMILES string of the molecule is CCNS(=O)(=O)c1ccc(O)c(N=Nc2ccc3ccccc3c2O)c1. The van der Waals surface area contributed by atoms with Crippen LogP contribution in [0.3, 0.4) is 0 Å². The number of rotatable bonds is 5. The van der Waals surface area contributed by atoms with Crippen LogP contribution in [0.4, 0.5) is 11.4 Å². The highest BCUT2D eigenvalue weighted by Crippen LogP contribution is 2.37. The Kier molecular flexibility index (Phi) is 4.88. The van der Waals surface area contributed by atoms with E-state index in [1.807, 2.05) is 12.1 Å². The van der Waals surface area contributed by atoms with Crippen LogP contribution in [0.2, 0.25) is 0 Å². The number of hydrogen-bond acceptors (Lipinski definition) is 6. The molecule has 0 saturated heterocycles. The first kappa shape index (κ1) is 17.8. The van der Waals surface area contributed by atoms with Crippen molar-refractivity contribution in [2.75, 3.05) is 6.54 Å². The fourth-order valence-electron chi connectivity index (χ4n) is 2.46. The van der Waals surface area contributed by atoms with Gasteiger partial charge in [-0.3, -0.25) is 0 Å². The van der Waals surface area contributed by atoms with Gasteiger partial charge in [0.25, 0.3) is 0 Å². The summed E-state index contributed by atoms with van der Waals surface area (Å²) in [5.41, 5.74) is 0.194. The van der Waals surface area contributed by atoms with Gasteiger partial charge in [-0.15, -0.1) is 10.2 Å². The fourth-order valence-corrected chi connectivity index (χ4v) is 3.52. The molecular weight excluding hydrogens is 354 g/mol. The van der Waals surface area contributed by atoms with Crippen LogP contribution in [0.15, 0.2) is 69.7 Å². The second-order valence-electron chi connectivity index (χ2n) is 5.51. The number of nitrogens with zero attached hydrogens (tertiary/aromatic N) is 2. The van der Waals surface area contributed by atoms with Crippen molar-refractivity contribution < 1.29 is 18.6 Å². The molecule has 26 heavy (non-hydrogen) atoms. The van der Waals surface area contributed by atoms with E-state index in [1.165, 1.54) is 18.2 Å². The van der Waals surface area contributed by atoms with Crippen LogP contribution in [0.5, 0.6) is 11.5 Å². The molecule has 0 amide bonds. The standard InChI is InChI=1S/C18H17N3O4S/c1-2-19-26(24,25)13-8-10-17(22)16(11-13)21-20-15-9-7-12-5-3-4-6-14(12)18(15)23/h3-11,19,22-23H,2H2,1H3. The summed E-state index contributed by atoms with van der Waals surface area (Å²) in [5, 5.41) is 29.6. The molecular formula is C18H17N3O4S. The molecule has 0 atom stereocenters. The Labute approximate surface area is 150 Å². The van der Waals surface area contributed by atoms with Crippen LogP contribution in [0, 0.1) is 0 Å². The number of azo groups is 1. The molecule has 3 N–H and O–H groups in total. The summed E-state index contributed by atoms with van der Waals surface area (Å²) >= 11 is 0. The molecule has 0 unspecified atom stereocenters. The lowest BCUT2D eigenvalue weighted by Crippen LogP contribution is -2.22. The van der Waals surface area contributed by atoms with Gasteiger partial charge in [-0.2, -0.15) is 0 Å². The lowest BCUT2D eigenvalue weighted by Gasteiger charge is -2.06. The quantitative estimate of drug-likeness (QED) is 0.589. The van der Waals surface area contributed by atoms with Crippen LogP contribution < -0.4 is 4.72 Å². The lowest BCUT2D eigenvalue weighted by molar-refractivity contribution is 0.475. The highest BCUT2D eigenvalue weighted by Gasteiger charge is 2.15. The number of aromatic hydroxyl groups is 2. The number of nitrogens with one attached hydrogen (secondary N) is 1. The smallest absolute Gasteiger partial charge is 0.240 e. The molecule has 3 rings (SSSR count). The van der Waals surface area contributed by atoms with Gasteiger partial charge in [0.1, 0.15) is 17.1 Å². The predicted octanol–water partition coefficient (Wildman–Crippen LogP) is 3.96. The molecule has 0 fully saturated rings. The van der Waals surface area contributed by atoms with Gasteiger partial charge >= 0.3 is 0 Å². The van der Waals surface area contributed by atoms with Gasteiger partial charge in [0.15, 0.2) is 5.75 Å². The first-order valence-electron chi connectivity index (χ1n) is 7.87. The Balaban J connectivity index is 2.00. The van der Waals surface area contributed by atoms with Crippen LogP contribution >= 0.6 is 0 Å². The molecule has 0 aliphatic carbocycles. The van der Waals surface area contributed by atoms with Crippen LogP contribution in [-0.2, 0) is 10.0 Å². The minimum absolute atomic E-state index is 0.0171. The summed E-state index contributed by atoms with van der Waals surface area (Å²) in [7, 11) is -3.68.